The molecule has 0 radical (unpaired) electrons. The number of aliphatic hydroxyl groups excluding tert-OH is 1. The number of nitrogens with one attached hydrogen (secondary N) is 1. The van der Waals surface area contributed by atoms with Gasteiger partial charge in [-0.25, -0.2) is 13.2 Å². The number of sulfonamides is 1. The van der Waals surface area contributed by atoms with E-state index < -0.39 is 72.6 Å². The van der Waals surface area contributed by atoms with Crippen molar-refractivity contribution in [1.82, 2.24) is 9.62 Å². The minimum absolute atomic E-state index is 0.0275. The van der Waals surface area contributed by atoms with Crippen molar-refractivity contribution in [2.24, 2.45) is 11.8 Å². The second kappa shape index (κ2) is 12.4. The predicted molar refractivity (Wildman–Crippen MR) is 142 cm³/mol. The first-order valence-corrected chi connectivity index (χ1v) is 13.7. The Morgan fingerprint density at radius 3 is 2.61 bits per heavy atom. The van der Waals surface area contributed by atoms with E-state index in [9.17, 15) is 18.3 Å². The molecule has 0 spiro atoms. The Balaban J connectivity index is 1.57. The van der Waals surface area contributed by atoms with Gasteiger partial charge < -0.3 is 30.4 Å². The molecule has 2 heterocycles. The van der Waals surface area contributed by atoms with Crippen molar-refractivity contribution >= 4 is 21.8 Å². The molecule has 1 amide bonds. The average Bonchev–Trinajstić information content (AvgIpc) is 3.23. The fraction of sp³-hybridized carbons (Fsp3) is 0.519. The number of benzene rings is 2. The van der Waals surface area contributed by atoms with Crippen LogP contribution in [0.1, 0.15) is 34.0 Å². The molecule has 4 rings (SSSR count). The van der Waals surface area contributed by atoms with Crippen molar-refractivity contribution in [2.45, 2.75) is 56.1 Å². The molecule has 2 aliphatic heterocycles. The van der Waals surface area contributed by atoms with Crippen LogP contribution in [0.2, 0.25) is 0 Å². The van der Waals surface area contributed by atoms with Crippen LogP contribution in [-0.2, 0) is 30.7 Å². The highest BCUT2D eigenvalue weighted by molar-refractivity contribution is 7.89. The lowest BCUT2D eigenvalue weighted by atomic mass is 10.0. The quantitative estimate of drug-likeness (QED) is 0.360. The third kappa shape index (κ3) is 7.03. The summed E-state index contributed by atoms with van der Waals surface area (Å²) in [4.78, 5) is 13.2. The lowest BCUT2D eigenvalue weighted by molar-refractivity contribution is -0.0907. The van der Waals surface area contributed by atoms with E-state index in [4.69, 9.17) is 28.2 Å². The molecule has 10 nitrogen and oxygen atoms in total. The first-order valence-electron chi connectivity index (χ1n) is 15.2. The highest BCUT2D eigenvalue weighted by Crippen LogP contribution is 2.33. The maximum absolute atomic E-state index is 13.6. The number of ether oxygens (including phenoxy) is 3. The topological polar surface area (TPSA) is 140 Å². The number of anilines is 1. The summed E-state index contributed by atoms with van der Waals surface area (Å²) in [7, 11) is -4.09. The van der Waals surface area contributed by atoms with Gasteiger partial charge in [0.2, 0.25) is 10.0 Å². The third-order valence-electron chi connectivity index (χ3n) is 6.03. The minimum Gasteiger partial charge on any atom is -0.443 e. The zero-order valence-corrected chi connectivity index (χ0v) is 22.0. The van der Waals surface area contributed by atoms with E-state index in [1.54, 1.807) is 30.3 Å². The summed E-state index contributed by atoms with van der Waals surface area (Å²) < 4.78 is 92.6. The smallest absolute Gasteiger partial charge is 0.407 e. The lowest BCUT2D eigenvalue weighted by Gasteiger charge is -2.31. The molecular weight excluding hydrogens is 510 g/mol. The Kier molecular flexibility index (Phi) is 6.93. The summed E-state index contributed by atoms with van der Waals surface area (Å²) in [5.41, 5.74) is 6.79. The van der Waals surface area contributed by atoms with Crippen LogP contribution in [-0.4, -0.2) is 74.7 Å². The first-order chi connectivity index (χ1) is 20.3. The highest BCUT2D eigenvalue weighted by Gasteiger charge is 2.44. The molecule has 208 valence electrons. The van der Waals surface area contributed by atoms with Gasteiger partial charge in [-0.05, 0) is 48.5 Å². The summed E-state index contributed by atoms with van der Waals surface area (Å²) in [6, 6.07) is 13.3. The van der Waals surface area contributed by atoms with Gasteiger partial charge in [-0.3, -0.25) is 0 Å². The summed E-state index contributed by atoms with van der Waals surface area (Å²) in [6.45, 7) is -0.439. The fourth-order valence-electron chi connectivity index (χ4n) is 4.15. The van der Waals surface area contributed by atoms with Crippen LogP contribution in [0.4, 0.5) is 10.5 Å². The molecule has 4 N–H and O–H groups in total. The van der Waals surface area contributed by atoms with Crippen molar-refractivity contribution in [3.8, 4) is 0 Å². The van der Waals surface area contributed by atoms with Crippen LogP contribution in [0, 0.1) is 11.8 Å². The molecule has 0 aliphatic carbocycles. The number of fused-ring (bicyclic) bond motifs is 1. The van der Waals surface area contributed by atoms with E-state index in [0.29, 0.717) is 11.3 Å². The number of amides is 1. The molecule has 0 unspecified atom stereocenters. The van der Waals surface area contributed by atoms with Gasteiger partial charge in [0.15, 0.2) is 6.27 Å². The molecule has 2 aliphatic rings. The van der Waals surface area contributed by atoms with Crippen molar-refractivity contribution in [3.05, 3.63) is 60.2 Å². The van der Waals surface area contributed by atoms with Crippen molar-refractivity contribution in [2.75, 3.05) is 32.0 Å². The Bertz CT molecular complexity index is 1440. The molecule has 2 fully saturated rings. The van der Waals surface area contributed by atoms with Gasteiger partial charge in [-0.15, -0.1) is 0 Å². The number of carbonyl (C=O) groups is 1. The van der Waals surface area contributed by atoms with E-state index in [0.717, 1.165) is 4.31 Å². The Labute approximate surface area is 232 Å². The second-order valence-corrected chi connectivity index (χ2v) is 11.5. The normalized spacial score (nSPS) is 31.7. The number of carbonyl (C=O) groups excluding carboxylic acids is 1. The van der Waals surface area contributed by atoms with E-state index in [2.05, 4.69) is 5.32 Å². The number of nitrogen functional groups attached to an aromatic ring is 1. The molecule has 11 heteroatoms. The zero-order valence-electron chi connectivity index (χ0n) is 27.2. The van der Waals surface area contributed by atoms with E-state index in [-0.39, 0.29) is 23.8 Å². The summed E-state index contributed by atoms with van der Waals surface area (Å²) in [5, 5.41) is 13.9. The van der Waals surface area contributed by atoms with Crippen LogP contribution in [0.25, 0.3) is 0 Å². The van der Waals surface area contributed by atoms with Gasteiger partial charge in [-0.2, -0.15) is 4.31 Å². The first kappa shape index (κ1) is 21.2. The lowest BCUT2D eigenvalue weighted by Crippen LogP contribution is -2.51. The molecule has 2 saturated heterocycles. The zero-order chi connectivity index (χ0) is 32.7. The van der Waals surface area contributed by atoms with E-state index >= 15 is 0 Å². The molecule has 0 aromatic heterocycles. The third-order valence-corrected chi connectivity index (χ3v) is 7.88. The molecule has 2 aromatic carbocycles. The number of alkyl carbamates (subject to hydrolysis) is 1. The molecule has 0 saturated carbocycles. The number of nitrogens with zero attached hydrogens (tertiary/aromatic N) is 1. The Morgan fingerprint density at radius 2 is 1.92 bits per heavy atom. The van der Waals surface area contributed by atoms with Crippen LogP contribution >= 0.6 is 0 Å². The largest absolute Gasteiger partial charge is 0.443 e. The van der Waals surface area contributed by atoms with Crippen molar-refractivity contribution in [1.29, 1.82) is 0 Å². The van der Waals surface area contributed by atoms with Gasteiger partial charge in [-0.1, -0.05) is 44.2 Å². The minimum atomic E-state index is -4.09. The van der Waals surface area contributed by atoms with Crippen molar-refractivity contribution < 1.29 is 40.8 Å². The number of aliphatic hydroxyl groups is 1. The highest BCUT2D eigenvalue weighted by atomic mass is 32.2. The fourth-order valence-corrected chi connectivity index (χ4v) is 5.77. The number of rotatable bonds is 11. The maximum Gasteiger partial charge on any atom is 0.407 e. The Hall–Kier alpha value is -2.70. The number of nitrogens with two attached hydrogens (primary N) is 1. The monoisotopic (exact) mass is 553 g/mol. The van der Waals surface area contributed by atoms with Gasteiger partial charge in [0.05, 0.1) is 40.2 Å². The van der Waals surface area contributed by atoms with Crippen molar-refractivity contribution in [3.63, 3.8) is 0 Å². The standard InChI is InChI=1S/C27H37N3O7S/c1-18(2)15-30(38(33,34)21-10-8-20(28)9-11-21)16-24(31)23(14-19-6-4-3-5-7-19)29-27(32)37-25-17-36-26-22(25)12-13-35-26/h3-11,18,22-26,31H,12-17,28H2,1-2H3,(H,29,32)/t22-,23-,24+,25-,26+/m0/s1/i12D2,13D2,22D,26D. The van der Waals surface area contributed by atoms with Gasteiger partial charge in [0.25, 0.3) is 0 Å². The number of hydrogen-bond donors (Lipinski definition) is 3. The molecule has 5 atom stereocenters. The van der Waals surface area contributed by atoms with Crippen LogP contribution in [0.3, 0.4) is 0 Å². The summed E-state index contributed by atoms with van der Waals surface area (Å²) in [5.74, 6) is -2.92. The Morgan fingerprint density at radius 1 is 1.21 bits per heavy atom. The molecule has 2 aromatic rings. The predicted octanol–water partition coefficient (Wildman–Crippen LogP) is 2.38. The molecule has 0 bridgehead atoms. The second-order valence-electron chi connectivity index (χ2n) is 9.53. The average molecular weight is 554 g/mol. The van der Waals surface area contributed by atoms with Crippen LogP contribution < -0.4 is 11.1 Å². The van der Waals surface area contributed by atoms with Gasteiger partial charge >= 0.3 is 6.09 Å². The van der Waals surface area contributed by atoms with Crippen LogP contribution in [0.15, 0.2) is 59.5 Å². The SMILES string of the molecule is [2H]C1([2H])O[C@]2([2H])OC[C@H](OC(=O)N[C@@H](Cc3ccccc3)[C@H](O)CN(CC(C)C)S(=O)(=O)c3ccc(N)cc3)[C@]2([2H])C1([2H])[2H]. The van der Waals surface area contributed by atoms with Gasteiger partial charge in [0, 0.05) is 22.9 Å². The van der Waals surface area contributed by atoms with E-state index in [1.807, 2.05) is 13.8 Å². The molecule has 38 heavy (non-hydrogen) atoms. The number of hydrogen-bond acceptors (Lipinski definition) is 8. The van der Waals surface area contributed by atoms with Crippen LogP contribution in [0.5, 0.6) is 0 Å². The van der Waals surface area contributed by atoms with E-state index in [1.165, 1.54) is 24.3 Å². The summed E-state index contributed by atoms with van der Waals surface area (Å²) in [6.07, 6.45) is -10.3. The van der Waals surface area contributed by atoms with Gasteiger partial charge in [0.1, 0.15) is 6.10 Å². The molecular formula is C27H37N3O7S. The maximum atomic E-state index is 13.6. The summed E-state index contributed by atoms with van der Waals surface area (Å²) >= 11 is 0.